The van der Waals surface area contributed by atoms with Crippen LogP contribution in [0.15, 0.2) is 0 Å². The molecule has 0 saturated heterocycles. The van der Waals surface area contributed by atoms with Gasteiger partial charge < -0.3 is 25.4 Å². The molecule has 7 nitrogen and oxygen atoms in total. The van der Waals surface area contributed by atoms with Crippen molar-refractivity contribution < 1.29 is 19.4 Å². The summed E-state index contributed by atoms with van der Waals surface area (Å²) < 4.78 is 4.96. The molecule has 0 aliphatic rings. The number of aliphatic carboxylic acids is 1. The van der Waals surface area contributed by atoms with Gasteiger partial charge in [-0.05, 0) is 27.3 Å². The van der Waals surface area contributed by atoms with Gasteiger partial charge in [-0.3, -0.25) is 4.79 Å². The standard InChI is InChI=1S/C13H27N3O4/c1-13(2,6-5-11(17)18)15-12(19)14-7-8-16(3)9-10-20-4/h5-10H2,1-4H3,(H,17,18)(H2,14,15,19). The van der Waals surface area contributed by atoms with Gasteiger partial charge in [0.15, 0.2) is 0 Å². The topological polar surface area (TPSA) is 90.9 Å². The van der Waals surface area contributed by atoms with Crippen LogP contribution in [-0.4, -0.2) is 67.9 Å². The van der Waals surface area contributed by atoms with Gasteiger partial charge in [0.05, 0.1) is 6.61 Å². The van der Waals surface area contributed by atoms with Gasteiger partial charge in [-0.25, -0.2) is 4.79 Å². The number of methoxy groups -OCH3 is 1. The first kappa shape index (κ1) is 18.7. The van der Waals surface area contributed by atoms with E-state index in [1.807, 2.05) is 7.05 Å². The minimum atomic E-state index is -0.861. The second kappa shape index (κ2) is 9.55. The SMILES string of the molecule is COCCN(C)CCNC(=O)NC(C)(C)CCC(=O)O. The highest BCUT2D eigenvalue weighted by molar-refractivity contribution is 5.74. The number of carbonyl (C=O) groups is 2. The molecule has 0 atom stereocenters. The van der Waals surface area contributed by atoms with Crippen LogP contribution in [0.1, 0.15) is 26.7 Å². The fourth-order valence-electron chi connectivity index (χ4n) is 1.55. The van der Waals surface area contributed by atoms with Crippen molar-refractivity contribution in [2.24, 2.45) is 0 Å². The van der Waals surface area contributed by atoms with Gasteiger partial charge in [-0.15, -0.1) is 0 Å². The zero-order chi connectivity index (χ0) is 15.6. The molecule has 0 aliphatic carbocycles. The molecule has 20 heavy (non-hydrogen) atoms. The van der Waals surface area contributed by atoms with Crippen molar-refractivity contribution in [1.29, 1.82) is 0 Å². The first-order chi connectivity index (χ1) is 9.26. The zero-order valence-corrected chi connectivity index (χ0v) is 12.9. The van der Waals surface area contributed by atoms with Crippen molar-refractivity contribution >= 4 is 12.0 Å². The molecule has 0 aromatic rings. The van der Waals surface area contributed by atoms with Crippen molar-refractivity contribution in [2.45, 2.75) is 32.2 Å². The lowest BCUT2D eigenvalue weighted by Crippen LogP contribution is -2.49. The summed E-state index contributed by atoms with van der Waals surface area (Å²) in [6.07, 6.45) is 0.427. The Morgan fingerprint density at radius 1 is 1.30 bits per heavy atom. The molecule has 0 spiro atoms. The second-order valence-corrected chi connectivity index (χ2v) is 5.45. The van der Waals surface area contributed by atoms with E-state index >= 15 is 0 Å². The monoisotopic (exact) mass is 289 g/mol. The van der Waals surface area contributed by atoms with Crippen LogP contribution >= 0.6 is 0 Å². The summed E-state index contributed by atoms with van der Waals surface area (Å²) in [4.78, 5) is 24.3. The predicted molar refractivity (Wildman–Crippen MR) is 76.9 cm³/mol. The third-order valence-electron chi connectivity index (χ3n) is 2.87. The highest BCUT2D eigenvalue weighted by Gasteiger charge is 2.21. The molecular formula is C13H27N3O4. The number of amides is 2. The molecule has 118 valence electrons. The summed E-state index contributed by atoms with van der Waals surface area (Å²) in [5, 5.41) is 14.2. The van der Waals surface area contributed by atoms with Crippen LogP contribution < -0.4 is 10.6 Å². The van der Waals surface area contributed by atoms with E-state index in [0.29, 0.717) is 19.6 Å². The number of nitrogens with zero attached hydrogens (tertiary/aromatic N) is 1. The number of nitrogens with one attached hydrogen (secondary N) is 2. The van der Waals surface area contributed by atoms with Gasteiger partial charge in [0.2, 0.25) is 0 Å². The Labute approximate surface area is 120 Å². The second-order valence-electron chi connectivity index (χ2n) is 5.45. The van der Waals surface area contributed by atoms with Crippen molar-refractivity contribution in [3.8, 4) is 0 Å². The largest absolute Gasteiger partial charge is 0.481 e. The molecule has 0 saturated carbocycles. The van der Waals surface area contributed by atoms with Gasteiger partial charge in [-0.2, -0.15) is 0 Å². The number of carbonyl (C=O) groups excluding carboxylic acids is 1. The predicted octanol–water partition coefficient (Wildman–Crippen LogP) is 0.507. The van der Waals surface area contributed by atoms with Gasteiger partial charge >= 0.3 is 12.0 Å². The summed E-state index contributed by atoms with van der Waals surface area (Å²) in [5.74, 6) is -0.861. The molecule has 0 fully saturated rings. The molecule has 3 N–H and O–H groups in total. The minimum absolute atomic E-state index is 0.0348. The van der Waals surface area contributed by atoms with Crippen molar-refractivity contribution in [3.05, 3.63) is 0 Å². The summed E-state index contributed by atoms with van der Waals surface area (Å²) in [6.45, 7) is 6.34. The molecule has 0 radical (unpaired) electrons. The van der Waals surface area contributed by atoms with E-state index in [1.54, 1.807) is 21.0 Å². The van der Waals surface area contributed by atoms with Crippen LogP contribution in [0.4, 0.5) is 4.79 Å². The van der Waals surface area contributed by atoms with Crippen molar-refractivity contribution in [1.82, 2.24) is 15.5 Å². The van der Waals surface area contributed by atoms with Crippen LogP contribution in [0.2, 0.25) is 0 Å². The van der Waals surface area contributed by atoms with Crippen LogP contribution in [0.3, 0.4) is 0 Å². The highest BCUT2D eigenvalue weighted by atomic mass is 16.5. The quantitative estimate of drug-likeness (QED) is 0.545. The molecule has 0 aromatic carbocycles. The lowest BCUT2D eigenvalue weighted by molar-refractivity contribution is -0.137. The fraction of sp³-hybridized carbons (Fsp3) is 0.846. The van der Waals surface area contributed by atoms with Gasteiger partial charge in [0.1, 0.15) is 0 Å². The Morgan fingerprint density at radius 2 is 1.95 bits per heavy atom. The van der Waals surface area contributed by atoms with E-state index < -0.39 is 11.5 Å². The third kappa shape index (κ3) is 10.6. The van der Waals surface area contributed by atoms with E-state index in [2.05, 4.69) is 15.5 Å². The van der Waals surface area contributed by atoms with Gasteiger partial charge in [0.25, 0.3) is 0 Å². The first-order valence-corrected chi connectivity index (χ1v) is 6.72. The van der Waals surface area contributed by atoms with Crippen LogP contribution in [0.5, 0.6) is 0 Å². The number of likely N-dealkylation sites (N-methyl/N-ethyl adjacent to an activating group) is 1. The molecule has 0 unspecified atom stereocenters. The molecule has 0 rings (SSSR count). The Balaban J connectivity index is 3.84. The number of rotatable bonds is 10. The van der Waals surface area contributed by atoms with E-state index in [9.17, 15) is 9.59 Å². The molecule has 2 amide bonds. The Bertz CT molecular complexity index is 308. The summed E-state index contributed by atoms with van der Waals surface area (Å²) in [6, 6.07) is -0.277. The first-order valence-electron chi connectivity index (χ1n) is 6.72. The molecule has 0 aliphatic heterocycles. The average molecular weight is 289 g/mol. The van der Waals surface area contributed by atoms with E-state index in [4.69, 9.17) is 9.84 Å². The van der Waals surface area contributed by atoms with Crippen LogP contribution in [-0.2, 0) is 9.53 Å². The zero-order valence-electron chi connectivity index (χ0n) is 12.9. The number of hydrogen-bond acceptors (Lipinski definition) is 4. The third-order valence-corrected chi connectivity index (χ3v) is 2.87. The van der Waals surface area contributed by atoms with E-state index in [-0.39, 0.29) is 12.5 Å². The maximum atomic E-state index is 11.7. The normalized spacial score (nSPS) is 11.4. The van der Waals surface area contributed by atoms with Crippen molar-refractivity contribution in [3.63, 3.8) is 0 Å². The Kier molecular flexibility index (Phi) is 8.91. The van der Waals surface area contributed by atoms with Crippen LogP contribution in [0.25, 0.3) is 0 Å². The Hall–Kier alpha value is -1.34. The van der Waals surface area contributed by atoms with Gasteiger partial charge in [0, 0.05) is 38.7 Å². The maximum absolute atomic E-state index is 11.7. The molecule has 7 heteroatoms. The molecule has 0 aromatic heterocycles. The lowest BCUT2D eigenvalue weighted by atomic mass is 9.99. The number of urea groups is 1. The summed E-state index contributed by atoms with van der Waals surface area (Å²) in [5.41, 5.74) is -0.537. The number of carboxylic acid groups (broad SMARTS) is 1. The Morgan fingerprint density at radius 3 is 2.50 bits per heavy atom. The molecule has 0 bridgehead atoms. The average Bonchev–Trinajstić information content (AvgIpc) is 2.33. The highest BCUT2D eigenvalue weighted by Crippen LogP contribution is 2.10. The number of carboxylic acids is 1. The lowest BCUT2D eigenvalue weighted by Gasteiger charge is -2.26. The van der Waals surface area contributed by atoms with E-state index in [0.717, 1.165) is 13.1 Å². The van der Waals surface area contributed by atoms with Crippen molar-refractivity contribution in [2.75, 3.05) is 40.4 Å². The maximum Gasteiger partial charge on any atom is 0.315 e. The molecular weight excluding hydrogens is 262 g/mol. The van der Waals surface area contributed by atoms with E-state index in [1.165, 1.54) is 0 Å². The van der Waals surface area contributed by atoms with Crippen LogP contribution in [0, 0.1) is 0 Å². The smallest absolute Gasteiger partial charge is 0.315 e. The van der Waals surface area contributed by atoms with Gasteiger partial charge in [-0.1, -0.05) is 0 Å². The minimum Gasteiger partial charge on any atom is -0.481 e. The summed E-state index contributed by atoms with van der Waals surface area (Å²) in [7, 11) is 3.61. The number of hydrogen-bond donors (Lipinski definition) is 3. The number of ether oxygens (including phenoxy) is 1. The summed E-state index contributed by atoms with van der Waals surface area (Å²) >= 11 is 0. The molecule has 0 heterocycles. The fourth-order valence-corrected chi connectivity index (χ4v) is 1.55.